The van der Waals surface area contributed by atoms with E-state index in [0.717, 1.165) is 0 Å². The normalized spacial score (nSPS) is 35.4. The van der Waals surface area contributed by atoms with Gasteiger partial charge in [0.15, 0.2) is 12.6 Å². The first-order valence-electron chi connectivity index (χ1n) is 13.5. The maximum Gasteiger partial charge on any atom is 0.333 e. The van der Waals surface area contributed by atoms with E-state index in [4.69, 9.17) is 23.8 Å². The van der Waals surface area contributed by atoms with Gasteiger partial charge in [-0.25, -0.2) is 4.79 Å². The standard InChI is InChI=1S/C24H38N2O16/c27-9-11-17(33)19(35)20(36)24(40-11)41-22-18(34)12(10-28)39-23(21(22)37)38-8-7-25-13(29)3-1-2-4-16(32)42-26-14(30)5-6-15(26)31/h11-12,17-24,27-28,33-37H,1-10H2,(H,25,29)/t11-,12-,17-,18-,19+,20+,21+,22+,23+,24-/m1/s1. The largest absolute Gasteiger partial charge is 0.394 e. The predicted octanol–water partition coefficient (Wildman–Crippen LogP) is -5.09. The molecule has 42 heavy (non-hydrogen) atoms. The van der Waals surface area contributed by atoms with Crippen LogP contribution in [0.15, 0.2) is 0 Å². The Hall–Kier alpha value is -2.36. The van der Waals surface area contributed by atoms with Gasteiger partial charge in [0.25, 0.3) is 11.8 Å². The summed E-state index contributed by atoms with van der Waals surface area (Å²) in [5.74, 6) is -2.31. The minimum absolute atomic E-state index is 0.0116. The molecule has 10 atom stereocenters. The molecular formula is C24H38N2O16. The van der Waals surface area contributed by atoms with Crippen LogP contribution in [-0.2, 0) is 43.0 Å². The summed E-state index contributed by atoms with van der Waals surface area (Å²) in [6, 6.07) is 0. The van der Waals surface area contributed by atoms with E-state index in [2.05, 4.69) is 5.32 Å². The lowest BCUT2D eigenvalue weighted by Crippen LogP contribution is -2.64. The first-order valence-corrected chi connectivity index (χ1v) is 13.5. The molecule has 0 radical (unpaired) electrons. The van der Waals surface area contributed by atoms with E-state index < -0.39 is 92.4 Å². The van der Waals surface area contributed by atoms with Gasteiger partial charge in [0.05, 0.1) is 19.8 Å². The maximum atomic E-state index is 12.1. The fraction of sp³-hybridized carbons (Fsp3) is 0.833. The monoisotopic (exact) mass is 610 g/mol. The Bertz CT molecular complexity index is 920. The molecule has 0 aromatic rings. The van der Waals surface area contributed by atoms with Crippen molar-refractivity contribution in [1.29, 1.82) is 0 Å². The van der Waals surface area contributed by atoms with Crippen molar-refractivity contribution in [3.05, 3.63) is 0 Å². The first kappa shape index (κ1) is 34.1. The molecule has 3 rings (SSSR count). The molecular weight excluding hydrogens is 572 g/mol. The summed E-state index contributed by atoms with van der Waals surface area (Å²) in [5.41, 5.74) is 0. The fourth-order valence-corrected chi connectivity index (χ4v) is 4.50. The van der Waals surface area contributed by atoms with Gasteiger partial charge in [0, 0.05) is 32.2 Å². The number of aliphatic hydroxyl groups is 7. The van der Waals surface area contributed by atoms with Gasteiger partial charge in [0.2, 0.25) is 5.91 Å². The van der Waals surface area contributed by atoms with Gasteiger partial charge in [-0.15, -0.1) is 5.06 Å². The quantitative estimate of drug-likeness (QED) is 0.0675. The molecule has 3 aliphatic heterocycles. The zero-order valence-electron chi connectivity index (χ0n) is 22.6. The molecule has 0 aromatic heterocycles. The fourth-order valence-electron chi connectivity index (χ4n) is 4.50. The highest BCUT2D eigenvalue weighted by Gasteiger charge is 2.50. The van der Waals surface area contributed by atoms with Crippen molar-refractivity contribution in [2.75, 3.05) is 26.4 Å². The Morgan fingerprint density at radius 1 is 0.810 bits per heavy atom. The van der Waals surface area contributed by atoms with Crippen LogP contribution in [0.5, 0.6) is 0 Å². The van der Waals surface area contributed by atoms with Crippen molar-refractivity contribution < 1.29 is 78.7 Å². The maximum absolute atomic E-state index is 12.1. The lowest BCUT2D eigenvalue weighted by Gasteiger charge is -2.45. The van der Waals surface area contributed by atoms with Crippen molar-refractivity contribution in [3.8, 4) is 0 Å². The van der Waals surface area contributed by atoms with Gasteiger partial charge in [0.1, 0.15) is 48.8 Å². The number of amides is 3. The number of unbranched alkanes of at least 4 members (excludes halogenated alkanes) is 1. The van der Waals surface area contributed by atoms with E-state index in [-0.39, 0.29) is 51.2 Å². The zero-order chi connectivity index (χ0) is 31.0. The number of nitrogens with zero attached hydrogens (tertiary/aromatic N) is 1. The molecule has 3 saturated heterocycles. The van der Waals surface area contributed by atoms with Crippen LogP contribution in [-0.4, -0.2) is 152 Å². The highest BCUT2D eigenvalue weighted by molar-refractivity contribution is 6.01. The highest BCUT2D eigenvalue weighted by Crippen LogP contribution is 2.29. The van der Waals surface area contributed by atoms with Gasteiger partial charge in [-0.05, 0) is 12.8 Å². The van der Waals surface area contributed by atoms with Crippen LogP contribution < -0.4 is 5.32 Å². The second-order valence-corrected chi connectivity index (χ2v) is 9.98. The highest BCUT2D eigenvalue weighted by atomic mass is 16.7. The Kier molecular flexibility index (Phi) is 12.9. The number of aliphatic hydroxyl groups excluding tert-OH is 7. The smallest absolute Gasteiger partial charge is 0.333 e. The van der Waals surface area contributed by atoms with Gasteiger partial charge < -0.3 is 64.8 Å². The molecule has 0 unspecified atom stereocenters. The van der Waals surface area contributed by atoms with E-state index >= 15 is 0 Å². The van der Waals surface area contributed by atoms with Crippen LogP contribution in [0, 0.1) is 0 Å². The molecule has 18 nitrogen and oxygen atoms in total. The van der Waals surface area contributed by atoms with Crippen molar-refractivity contribution in [2.24, 2.45) is 0 Å². The van der Waals surface area contributed by atoms with Crippen LogP contribution in [0.25, 0.3) is 0 Å². The van der Waals surface area contributed by atoms with Crippen molar-refractivity contribution in [1.82, 2.24) is 10.4 Å². The number of carbonyl (C=O) groups excluding carboxylic acids is 4. The molecule has 0 bridgehead atoms. The SMILES string of the molecule is O=C(CCCCC(=O)ON1C(=O)CCC1=O)NCCO[C@H]1O[C@H](CO)[C@@H](O)[C@H](O[C@H]2O[C@H](CO)[C@@H](O)[C@H](O)[C@@H]2O)[C@@H]1O. The van der Waals surface area contributed by atoms with Gasteiger partial charge in [-0.1, -0.05) is 0 Å². The third-order valence-corrected chi connectivity index (χ3v) is 6.90. The molecule has 0 saturated carbocycles. The van der Waals surface area contributed by atoms with Crippen LogP contribution in [0.3, 0.4) is 0 Å². The molecule has 3 amide bonds. The third kappa shape index (κ3) is 8.60. The first-order chi connectivity index (χ1) is 20.0. The molecule has 8 N–H and O–H groups in total. The summed E-state index contributed by atoms with van der Waals surface area (Å²) < 4.78 is 21.5. The Morgan fingerprint density at radius 2 is 1.40 bits per heavy atom. The minimum Gasteiger partial charge on any atom is -0.394 e. The molecule has 3 heterocycles. The van der Waals surface area contributed by atoms with Crippen molar-refractivity contribution >= 4 is 23.7 Å². The number of ether oxygens (including phenoxy) is 4. The Morgan fingerprint density at radius 3 is 2.05 bits per heavy atom. The summed E-state index contributed by atoms with van der Waals surface area (Å²) in [7, 11) is 0. The molecule has 18 heteroatoms. The topological polar surface area (TPSA) is 271 Å². The summed E-state index contributed by atoms with van der Waals surface area (Å²) in [6.07, 6.45) is -15.4. The van der Waals surface area contributed by atoms with Crippen LogP contribution in [0.2, 0.25) is 0 Å². The van der Waals surface area contributed by atoms with Gasteiger partial charge >= 0.3 is 5.97 Å². The summed E-state index contributed by atoms with van der Waals surface area (Å²) >= 11 is 0. The van der Waals surface area contributed by atoms with Crippen LogP contribution >= 0.6 is 0 Å². The number of carbonyl (C=O) groups is 4. The van der Waals surface area contributed by atoms with Gasteiger partial charge in [-0.2, -0.15) is 0 Å². The number of hydrogen-bond donors (Lipinski definition) is 8. The van der Waals surface area contributed by atoms with Crippen molar-refractivity contribution in [3.63, 3.8) is 0 Å². The van der Waals surface area contributed by atoms with E-state index in [1.807, 2.05) is 0 Å². The van der Waals surface area contributed by atoms with Crippen molar-refractivity contribution in [2.45, 2.75) is 99.9 Å². The van der Waals surface area contributed by atoms with E-state index in [9.17, 15) is 54.9 Å². The van der Waals surface area contributed by atoms with E-state index in [0.29, 0.717) is 11.5 Å². The average Bonchev–Trinajstić information content (AvgIpc) is 3.28. The summed E-state index contributed by atoms with van der Waals surface area (Å²) in [5, 5.41) is 73.3. The Labute approximate surface area is 239 Å². The Balaban J connectivity index is 1.39. The lowest BCUT2D eigenvalue weighted by molar-refractivity contribution is -0.360. The number of hydrogen-bond acceptors (Lipinski definition) is 16. The van der Waals surface area contributed by atoms with E-state index in [1.54, 1.807) is 0 Å². The van der Waals surface area contributed by atoms with Crippen LogP contribution in [0.1, 0.15) is 38.5 Å². The number of rotatable bonds is 14. The molecule has 240 valence electrons. The average molecular weight is 611 g/mol. The number of imide groups is 1. The molecule has 3 aliphatic rings. The van der Waals surface area contributed by atoms with Gasteiger partial charge in [-0.3, -0.25) is 14.4 Å². The molecule has 0 aromatic carbocycles. The summed E-state index contributed by atoms with van der Waals surface area (Å²) in [4.78, 5) is 51.5. The number of hydroxylamine groups is 2. The summed E-state index contributed by atoms with van der Waals surface area (Å²) in [6.45, 7) is -1.65. The molecule has 0 aliphatic carbocycles. The second-order valence-electron chi connectivity index (χ2n) is 9.98. The number of nitrogens with one attached hydrogen (secondary N) is 1. The predicted molar refractivity (Wildman–Crippen MR) is 131 cm³/mol. The third-order valence-electron chi connectivity index (χ3n) is 6.90. The lowest BCUT2D eigenvalue weighted by atomic mass is 9.97. The van der Waals surface area contributed by atoms with E-state index in [1.165, 1.54) is 0 Å². The zero-order valence-corrected chi connectivity index (χ0v) is 22.6. The second kappa shape index (κ2) is 15.9. The minimum atomic E-state index is -1.81. The molecule has 3 fully saturated rings. The van der Waals surface area contributed by atoms with Crippen LogP contribution in [0.4, 0.5) is 0 Å². The molecule has 0 spiro atoms.